The van der Waals surface area contributed by atoms with Crippen LogP contribution in [0.2, 0.25) is 0 Å². The molecule has 0 aliphatic heterocycles. The van der Waals surface area contributed by atoms with E-state index in [-0.39, 0.29) is 25.7 Å². The molecule has 0 bridgehead atoms. The first-order valence-corrected chi connectivity index (χ1v) is 45.4. The van der Waals surface area contributed by atoms with Crippen molar-refractivity contribution in [1.82, 2.24) is 0 Å². The Morgan fingerprint density at radius 1 is 0.264 bits per heavy atom. The van der Waals surface area contributed by atoms with Crippen LogP contribution in [0.15, 0.2) is 170 Å². The number of allylic oxidation sites excluding steroid dienone is 28. The molecule has 0 fully saturated rings. The van der Waals surface area contributed by atoms with E-state index in [0.29, 0.717) is 32.1 Å². The number of esters is 4. The average Bonchev–Trinajstić information content (AvgIpc) is 0.906. The van der Waals surface area contributed by atoms with Crippen LogP contribution in [-0.4, -0.2) is 96.7 Å². The highest BCUT2D eigenvalue weighted by Gasteiger charge is 2.30. The highest BCUT2D eigenvalue weighted by molar-refractivity contribution is 7.47. The van der Waals surface area contributed by atoms with Crippen molar-refractivity contribution in [2.45, 2.75) is 341 Å². The summed E-state index contributed by atoms with van der Waals surface area (Å²) in [4.78, 5) is 73.2. The molecule has 0 saturated heterocycles. The van der Waals surface area contributed by atoms with Crippen LogP contribution in [0.5, 0.6) is 0 Å². The van der Waals surface area contributed by atoms with Gasteiger partial charge in [0.15, 0.2) is 12.2 Å². The van der Waals surface area contributed by atoms with Gasteiger partial charge in [0.05, 0.1) is 26.4 Å². The maximum absolute atomic E-state index is 13.1. The largest absolute Gasteiger partial charge is 0.472 e. The SMILES string of the molecule is CC/C=C\C/C=C\C/C=C\C/C=C\C/C=C\C/C=C\CCC(=O)OCC(COP(=O)(O)OCC(O)COP(=O)(O)OCC(COC(=O)CCCCCCCC/C=C\C/C=C\C/C=C\CCCCC)OC(=O)CCCCCCC/C=C\C/C=C\CCCCC)OC(=O)CCCCCCCCC/C=C\C/C=C\C/C=C\CC. The number of phosphoric acid groups is 2. The highest BCUT2D eigenvalue weighted by Crippen LogP contribution is 2.45. The molecule has 110 heavy (non-hydrogen) atoms. The van der Waals surface area contributed by atoms with Crippen LogP contribution in [0.4, 0.5) is 0 Å². The van der Waals surface area contributed by atoms with Crippen molar-refractivity contribution < 1.29 is 80.2 Å². The molecule has 0 aliphatic rings. The van der Waals surface area contributed by atoms with Gasteiger partial charge >= 0.3 is 39.5 Å². The molecule has 626 valence electrons. The normalized spacial score (nSPS) is 14.6. The molecule has 0 amide bonds. The Morgan fingerprint density at radius 3 is 0.782 bits per heavy atom. The number of rotatable bonds is 78. The molecule has 5 unspecified atom stereocenters. The fourth-order valence-electron chi connectivity index (χ4n) is 10.8. The number of hydrogen-bond acceptors (Lipinski definition) is 15. The van der Waals surface area contributed by atoms with Crippen LogP contribution in [-0.2, 0) is 65.4 Å². The van der Waals surface area contributed by atoms with Gasteiger partial charge in [-0.25, -0.2) is 9.13 Å². The van der Waals surface area contributed by atoms with Gasteiger partial charge in [0.1, 0.15) is 19.3 Å². The van der Waals surface area contributed by atoms with Gasteiger partial charge in [-0.05, 0) is 167 Å². The Bertz CT molecular complexity index is 2750. The first kappa shape index (κ1) is 104. The van der Waals surface area contributed by atoms with Crippen LogP contribution in [0.3, 0.4) is 0 Å². The molecule has 0 aromatic carbocycles. The highest BCUT2D eigenvalue weighted by atomic mass is 31.2. The molecule has 0 aromatic rings. The standard InChI is InChI=1S/C91H150O17P2/c1-5-9-13-17-21-25-29-33-37-40-42-45-48-51-55-59-63-67-71-75-88(93)101-81-86(107-90(95)77-73-69-65-61-57-53-47-36-32-28-24-20-16-12-8-4)83-105-109(97,98)103-79-85(92)80-104-110(99,100)106-84-87(108-91(96)78-74-70-66-62-58-54-50-44-39-35-31-27-23-19-15-11-7-3)82-102-89(94)76-72-68-64-60-56-52-49-46-43-41-38-34-30-26-22-18-14-10-6-2/h10-11,14-15,21-28,33-39,42-43,45-47,52,56,64,68,85-87,92H,5-9,12-13,16-20,29-32,40-41,44,48-51,53-55,57-63,65-67,69-84H2,1-4H3,(H,97,98)(H,99,100)/b14-10-,15-11-,25-21-,26-22-,27-23-,28-24-,37-33-,38-34-,39-35-,45-42-,46-43-,47-36-,56-52-,68-64-. The van der Waals surface area contributed by atoms with Crippen molar-refractivity contribution in [3.05, 3.63) is 170 Å². The Kier molecular flexibility index (Phi) is 77.3. The maximum Gasteiger partial charge on any atom is 0.472 e. The van der Waals surface area contributed by atoms with Crippen molar-refractivity contribution in [2.75, 3.05) is 39.6 Å². The third-order valence-electron chi connectivity index (χ3n) is 17.2. The molecule has 5 atom stereocenters. The number of aliphatic hydroxyl groups is 1. The van der Waals surface area contributed by atoms with E-state index >= 15 is 0 Å². The zero-order valence-electron chi connectivity index (χ0n) is 68.6. The average molecular weight is 1580 g/mol. The second kappa shape index (κ2) is 81.4. The van der Waals surface area contributed by atoms with Gasteiger partial charge in [-0.2, -0.15) is 0 Å². The third-order valence-corrected chi connectivity index (χ3v) is 19.1. The fraction of sp³-hybridized carbons (Fsp3) is 0.648. The summed E-state index contributed by atoms with van der Waals surface area (Å²) in [5.74, 6) is -2.32. The van der Waals surface area contributed by atoms with Crippen molar-refractivity contribution in [3.63, 3.8) is 0 Å². The lowest BCUT2D eigenvalue weighted by Crippen LogP contribution is -2.30. The smallest absolute Gasteiger partial charge is 0.462 e. The lowest BCUT2D eigenvalue weighted by Gasteiger charge is -2.21. The van der Waals surface area contributed by atoms with Crippen LogP contribution in [0, 0.1) is 0 Å². The van der Waals surface area contributed by atoms with Crippen molar-refractivity contribution in [1.29, 1.82) is 0 Å². The topological polar surface area (TPSA) is 237 Å². The molecule has 19 heteroatoms. The van der Waals surface area contributed by atoms with E-state index < -0.39 is 97.5 Å². The molecule has 0 heterocycles. The molecule has 3 N–H and O–H groups in total. The van der Waals surface area contributed by atoms with E-state index in [1.165, 1.54) is 38.5 Å². The molecule has 0 aliphatic carbocycles. The summed E-state index contributed by atoms with van der Waals surface area (Å²) in [7, 11) is -10.0. The third kappa shape index (κ3) is 80.5. The molecular formula is C91H150O17P2. The molecule has 17 nitrogen and oxygen atoms in total. The Labute approximate surface area is 667 Å². The van der Waals surface area contributed by atoms with Gasteiger partial charge in [-0.15, -0.1) is 0 Å². The Balaban J connectivity index is 5.48. The molecule has 0 saturated carbocycles. The molecule has 0 spiro atoms. The fourth-order valence-corrected chi connectivity index (χ4v) is 12.3. The van der Waals surface area contributed by atoms with Crippen LogP contribution in [0.1, 0.15) is 323 Å². The maximum atomic E-state index is 13.1. The molecule has 0 rings (SSSR count). The minimum absolute atomic E-state index is 0.0280. The Morgan fingerprint density at radius 2 is 0.491 bits per heavy atom. The number of unbranched alkanes of at least 4 members (excludes halogenated alkanes) is 24. The van der Waals surface area contributed by atoms with Gasteiger partial charge in [-0.3, -0.25) is 37.3 Å². The zero-order chi connectivity index (χ0) is 80.3. The summed E-state index contributed by atoms with van der Waals surface area (Å²) < 4.78 is 68.7. The number of ether oxygens (including phenoxy) is 4. The summed E-state index contributed by atoms with van der Waals surface area (Å²) >= 11 is 0. The van der Waals surface area contributed by atoms with E-state index in [1.807, 2.05) is 18.2 Å². The van der Waals surface area contributed by atoms with Crippen LogP contribution in [0.25, 0.3) is 0 Å². The van der Waals surface area contributed by atoms with E-state index in [2.05, 4.69) is 180 Å². The summed E-state index contributed by atoms with van der Waals surface area (Å²) in [6.07, 6.45) is 97.5. The molecule has 0 aromatic heterocycles. The van der Waals surface area contributed by atoms with E-state index in [4.69, 9.17) is 37.0 Å². The zero-order valence-corrected chi connectivity index (χ0v) is 70.4. The van der Waals surface area contributed by atoms with Gasteiger partial charge in [0, 0.05) is 25.7 Å². The molecular weight excluding hydrogens is 1430 g/mol. The number of hydrogen-bond donors (Lipinski definition) is 3. The summed E-state index contributed by atoms with van der Waals surface area (Å²) in [6, 6.07) is 0. The first-order chi connectivity index (χ1) is 53.7. The predicted octanol–water partition coefficient (Wildman–Crippen LogP) is 25.3. The monoisotopic (exact) mass is 1580 g/mol. The van der Waals surface area contributed by atoms with E-state index in [9.17, 15) is 43.2 Å². The summed E-state index contributed by atoms with van der Waals surface area (Å²) in [6.45, 7) is 4.48. The van der Waals surface area contributed by atoms with Gasteiger partial charge in [0.25, 0.3) is 0 Å². The summed E-state index contributed by atoms with van der Waals surface area (Å²) in [5, 5.41) is 10.7. The van der Waals surface area contributed by atoms with Crippen LogP contribution < -0.4 is 0 Å². The predicted molar refractivity (Wildman–Crippen MR) is 454 cm³/mol. The van der Waals surface area contributed by atoms with Crippen LogP contribution >= 0.6 is 15.6 Å². The minimum Gasteiger partial charge on any atom is -0.462 e. The lowest BCUT2D eigenvalue weighted by atomic mass is 10.1. The second-order valence-corrected chi connectivity index (χ2v) is 30.6. The second-order valence-electron chi connectivity index (χ2n) is 27.6. The minimum atomic E-state index is -5.01. The first-order valence-electron chi connectivity index (χ1n) is 42.4. The Hall–Kier alpha value is -5.58. The lowest BCUT2D eigenvalue weighted by molar-refractivity contribution is -0.161. The number of phosphoric ester groups is 2. The molecule has 0 radical (unpaired) electrons. The number of carbonyl (C=O) groups excluding carboxylic acids is 4. The van der Waals surface area contributed by atoms with E-state index in [1.54, 1.807) is 0 Å². The van der Waals surface area contributed by atoms with Crippen molar-refractivity contribution in [2.24, 2.45) is 0 Å². The van der Waals surface area contributed by atoms with Crippen molar-refractivity contribution >= 4 is 39.5 Å². The quantitative estimate of drug-likeness (QED) is 0.0169. The number of carbonyl (C=O) groups is 4. The summed E-state index contributed by atoms with van der Waals surface area (Å²) in [5.41, 5.74) is 0. The van der Waals surface area contributed by atoms with Gasteiger partial charge in [0.2, 0.25) is 0 Å². The van der Waals surface area contributed by atoms with Gasteiger partial charge < -0.3 is 33.8 Å². The van der Waals surface area contributed by atoms with Crippen molar-refractivity contribution in [3.8, 4) is 0 Å². The number of aliphatic hydroxyl groups excluding tert-OH is 1. The van der Waals surface area contributed by atoms with E-state index in [0.717, 1.165) is 199 Å². The van der Waals surface area contributed by atoms with Gasteiger partial charge in [-0.1, -0.05) is 301 Å².